The fourth-order valence-electron chi connectivity index (χ4n) is 1.93. The molecule has 0 aromatic heterocycles. The molecule has 0 fully saturated rings. The maximum atomic E-state index is 10.8. The average molecular weight is 283 g/mol. The predicted molar refractivity (Wildman–Crippen MR) is 78.1 cm³/mol. The van der Waals surface area contributed by atoms with Crippen LogP contribution in [0.4, 0.5) is 11.4 Å². The summed E-state index contributed by atoms with van der Waals surface area (Å²) in [7, 11) is 1.54. The third kappa shape index (κ3) is 3.28. The van der Waals surface area contributed by atoms with Gasteiger partial charge in [-0.15, -0.1) is 0 Å². The van der Waals surface area contributed by atoms with Gasteiger partial charge in [0, 0.05) is 12.1 Å². The Morgan fingerprint density at radius 3 is 2.71 bits per heavy atom. The van der Waals surface area contributed by atoms with Gasteiger partial charge in [-0.05, 0) is 17.7 Å². The van der Waals surface area contributed by atoms with Crippen molar-refractivity contribution in [2.45, 2.75) is 6.04 Å². The van der Waals surface area contributed by atoms with Gasteiger partial charge in [-0.3, -0.25) is 10.1 Å². The van der Waals surface area contributed by atoms with Crippen LogP contribution < -0.4 is 10.1 Å². The fourth-order valence-corrected chi connectivity index (χ4v) is 1.93. The minimum atomic E-state index is -0.707. The first kappa shape index (κ1) is 14.3. The lowest BCUT2D eigenvalue weighted by atomic mass is 10.1. The molecule has 6 heteroatoms. The number of nitrogens with zero attached hydrogens (tertiary/aromatic N) is 2. The number of nitro groups is 1. The van der Waals surface area contributed by atoms with E-state index in [1.165, 1.54) is 19.2 Å². The quantitative estimate of drug-likeness (QED) is 0.672. The Hall–Kier alpha value is -3.07. The molecule has 0 saturated heterocycles. The molecule has 2 aromatic rings. The van der Waals surface area contributed by atoms with Gasteiger partial charge in [-0.25, -0.2) is 0 Å². The third-order valence-corrected chi connectivity index (χ3v) is 2.95. The zero-order valence-electron chi connectivity index (χ0n) is 11.3. The third-order valence-electron chi connectivity index (χ3n) is 2.95. The Labute approximate surface area is 121 Å². The maximum absolute atomic E-state index is 10.8. The van der Waals surface area contributed by atoms with Crippen molar-refractivity contribution in [3.05, 3.63) is 64.2 Å². The molecule has 2 aromatic carbocycles. The van der Waals surface area contributed by atoms with E-state index in [0.717, 1.165) is 0 Å². The van der Waals surface area contributed by atoms with Gasteiger partial charge in [0.25, 0.3) is 5.69 Å². The Morgan fingerprint density at radius 1 is 1.29 bits per heavy atom. The standard InChI is InChI=1S/C15H13N3O3/c1-21-15-8-3-2-7-13(15)17-14(10-16)11-5-4-6-12(9-11)18(19)20/h2-9,14,17H,1H3. The number of nitrogens with one attached hydrogen (secondary N) is 1. The summed E-state index contributed by atoms with van der Waals surface area (Å²) >= 11 is 0. The molecule has 1 unspecified atom stereocenters. The molecule has 2 rings (SSSR count). The molecule has 0 radical (unpaired) electrons. The van der Waals surface area contributed by atoms with Gasteiger partial charge < -0.3 is 10.1 Å². The van der Waals surface area contributed by atoms with Crippen molar-refractivity contribution in [2.75, 3.05) is 12.4 Å². The summed E-state index contributed by atoms with van der Waals surface area (Å²) < 4.78 is 5.21. The van der Waals surface area contributed by atoms with Crippen LogP contribution in [0.5, 0.6) is 5.75 Å². The van der Waals surface area contributed by atoms with Crippen molar-refractivity contribution >= 4 is 11.4 Å². The lowest BCUT2D eigenvalue weighted by molar-refractivity contribution is -0.384. The molecule has 1 atom stereocenters. The smallest absolute Gasteiger partial charge is 0.269 e. The SMILES string of the molecule is COc1ccccc1NC(C#N)c1cccc([N+](=O)[O-])c1. The molecule has 106 valence electrons. The molecule has 21 heavy (non-hydrogen) atoms. The zero-order chi connectivity index (χ0) is 15.2. The summed E-state index contributed by atoms with van der Waals surface area (Å²) in [5.41, 5.74) is 1.13. The number of hydrogen-bond acceptors (Lipinski definition) is 5. The molecular formula is C15H13N3O3. The summed E-state index contributed by atoms with van der Waals surface area (Å²) in [6, 6.07) is 14.6. The lowest BCUT2D eigenvalue weighted by Crippen LogP contribution is -2.09. The van der Waals surface area contributed by atoms with Crippen LogP contribution in [0.3, 0.4) is 0 Å². The molecule has 0 spiro atoms. The Bertz CT molecular complexity index is 695. The van der Waals surface area contributed by atoms with Gasteiger partial charge in [0.15, 0.2) is 0 Å². The van der Waals surface area contributed by atoms with Crippen LogP contribution >= 0.6 is 0 Å². The minimum absolute atomic E-state index is 0.0467. The monoisotopic (exact) mass is 283 g/mol. The fraction of sp³-hybridized carbons (Fsp3) is 0.133. The molecular weight excluding hydrogens is 270 g/mol. The van der Waals surface area contributed by atoms with Gasteiger partial charge in [0.05, 0.1) is 23.8 Å². The number of methoxy groups -OCH3 is 1. The number of para-hydroxylation sites is 2. The van der Waals surface area contributed by atoms with Crippen LogP contribution in [0, 0.1) is 21.4 Å². The molecule has 0 amide bonds. The number of ether oxygens (including phenoxy) is 1. The van der Waals surface area contributed by atoms with Crippen molar-refractivity contribution < 1.29 is 9.66 Å². The van der Waals surface area contributed by atoms with Crippen molar-refractivity contribution in [3.63, 3.8) is 0 Å². The molecule has 0 heterocycles. The molecule has 0 bridgehead atoms. The molecule has 1 N–H and O–H groups in total. The van der Waals surface area contributed by atoms with Crippen LogP contribution in [0.15, 0.2) is 48.5 Å². The molecule has 0 saturated carbocycles. The highest BCUT2D eigenvalue weighted by atomic mass is 16.6. The predicted octanol–water partition coefficient (Wildman–Crippen LogP) is 3.28. The minimum Gasteiger partial charge on any atom is -0.495 e. The number of anilines is 1. The van der Waals surface area contributed by atoms with Gasteiger partial charge in [-0.1, -0.05) is 24.3 Å². The summed E-state index contributed by atoms with van der Waals surface area (Å²) in [4.78, 5) is 10.3. The van der Waals surface area contributed by atoms with E-state index in [9.17, 15) is 15.4 Å². The van der Waals surface area contributed by atoms with E-state index in [-0.39, 0.29) is 5.69 Å². The number of non-ortho nitro benzene ring substituents is 1. The topological polar surface area (TPSA) is 88.2 Å². The van der Waals surface area contributed by atoms with E-state index in [1.807, 2.05) is 12.1 Å². The van der Waals surface area contributed by atoms with Crippen molar-refractivity contribution in [2.24, 2.45) is 0 Å². The summed E-state index contributed by atoms with van der Waals surface area (Å²) in [6.45, 7) is 0. The number of nitro benzene ring substituents is 1. The first-order valence-corrected chi connectivity index (χ1v) is 6.19. The summed E-state index contributed by atoms with van der Waals surface area (Å²) in [5.74, 6) is 0.600. The molecule has 0 aliphatic carbocycles. The second kappa shape index (κ2) is 6.39. The number of nitriles is 1. The number of hydrogen-bond donors (Lipinski definition) is 1. The van der Waals surface area contributed by atoms with Gasteiger partial charge in [-0.2, -0.15) is 5.26 Å². The number of benzene rings is 2. The van der Waals surface area contributed by atoms with Gasteiger partial charge in [0.1, 0.15) is 11.8 Å². The van der Waals surface area contributed by atoms with E-state index in [1.54, 1.807) is 24.3 Å². The van der Waals surface area contributed by atoms with Crippen molar-refractivity contribution in [1.29, 1.82) is 5.26 Å². The Morgan fingerprint density at radius 2 is 2.05 bits per heavy atom. The van der Waals surface area contributed by atoms with E-state index >= 15 is 0 Å². The van der Waals surface area contributed by atoms with E-state index in [0.29, 0.717) is 17.0 Å². The normalized spacial score (nSPS) is 11.2. The van der Waals surface area contributed by atoms with Crippen LogP contribution in [0.25, 0.3) is 0 Å². The second-order valence-corrected chi connectivity index (χ2v) is 4.26. The molecule has 0 aliphatic heterocycles. The Kier molecular flexibility index (Phi) is 4.36. The first-order chi connectivity index (χ1) is 10.2. The van der Waals surface area contributed by atoms with E-state index < -0.39 is 11.0 Å². The summed E-state index contributed by atoms with van der Waals surface area (Å²) in [5, 5.41) is 23.1. The largest absolute Gasteiger partial charge is 0.495 e. The van der Waals surface area contributed by atoms with E-state index in [4.69, 9.17) is 4.74 Å². The van der Waals surface area contributed by atoms with Crippen LogP contribution in [0.1, 0.15) is 11.6 Å². The number of rotatable bonds is 5. The van der Waals surface area contributed by atoms with Gasteiger partial charge >= 0.3 is 0 Å². The Balaban J connectivity index is 2.30. The zero-order valence-corrected chi connectivity index (χ0v) is 11.3. The van der Waals surface area contributed by atoms with Crippen molar-refractivity contribution in [3.8, 4) is 11.8 Å². The molecule has 6 nitrogen and oxygen atoms in total. The van der Waals surface area contributed by atoms with Crippen LogP contribution in [-0.2, 0) is 0 Å². The lowest BCUT2D eigenvalue weighted by Gasteiger charge is -2.15. The highest BCUT2D eigenvalue weighted by molar-refractivity contribution is 5.58. The second-order valence-electron chi connectivity index (χ2n) is 4.26. The maximum Gasteiger partial charge on any atom is 0.269 e. The first-order valence-electron chi connectivity index (χ1n) is 6.19. The van der Waals surface area contributed by atoms with E-state index in [2.05, 4.69) is 11.4 Å². The van der Waals surface area contributed by atoms with Crippen LogP contribution in [-0.4, -0.2) is 12.0 Å². The highest BCUT2D eigenvalue weighted by Gasteiger charge is 2.15. The highest BCUT2D eigenvalue weighted by Crippen LogP contribution is 2.28. The van der Waals surface area contributed by atoms with Crippen molar-refractivity contribution in [1.82, 2.24) is 0 Å². The average Bonchev–Trinajstić information content (AvgIpc) is 2.53. The summed E-state index contributed by atoms with van der Waals surface area (Å²) in [6.07, 6.45) is 0. The van der Waals surface area contributed by atoms with Crippen LogP contribution in [0.2, 0.25) is 0 Å². The molecule has 0 aliphatic rings. The van der Waals surface area contributed by atoms with Gasteiger partial charge in [0.2, 0.25) is 0 Å².